The second-order valence-corrected chi connectivity index (χ2v) is 7.67. The number of rotatable bonds is 2. The summed E-state index contributed by atoms with van der Waals surface area (Å²) < 4.78 is 25.7. The van der Waals surface area contributed by atoms with Crippen LogP contribution in [0.25, 0.3) is 0 Å². The van der Waals surface area contributed by atoms with Gasteiger partial charge in [0.25, 0.3) is 0 Å². The summed E-state index contributed by atoms with van der Waals surface area (Å²) in [6.07, 6.45) is 2.23. The molecule has 2 aliphatic rings. The molecular formula is C14H20N2O2S. The SMILES string of the molecule is CC1CN(Cc2cccc3c2NCCC3)S(=O)(=O)C1. The van der Waals surface area contributed by atoms with Crippen molar-refractivity contribution in [3.63, 3.8) is 0 Å². The molecule has 5 heteroatoms. The highest BCUT2D eigenvalue weighted by atomic mass is 32.2. The summed E-state index contributed by atoms with van der Waals surface area (Å²) in [6, 6.07) is 6.20. The van der Waals surface area contributed by atoms with Crippen molar-refractivity contribution in [1.82, 2.24) is 4.31 Å². The molecule has 104 valence electrons. The van der Waals surface area contributed by atoms with Crippen LogP contribution in [0.1, 0.15) is 24.5 Å². The first kappa shape index (κ1) is 12.9. The third kappa shape index (κ3) is 2.49. The fourth-order valence-electron chi connectivity index (χ4n) is 3.04. The molecule has 1 aromatic carbocycles. The number of hydrogen-bond acceptors (Lipinski definition) is 3. The van der Waals surface area contributed by atoms with E-state index in [1.54, 1.807) is 4.31 Å². The van der Waals surface area contributed by atoms with Gasteiger partial charge in [-0.2, -0.15) is 4.31 Å². The maximum Gasteiger partial charge on any atom is 0.214 e. The first-order chi connectivity index (χ1) is 9.06. The largest absolute Gasteiger partial charge is 0.385 e. The third-order valence-corrected chi connectivity index (χ3v) is 5.97. The summed E-state index contributed by atoms with van der Waals surface area (Å²) in [4.78, 5) is 0. The van der Waals surface area contributed by atoms with E-state index in [4.69, 9.17) is 0 Å². The van der Waals surface area contributed by atoms with E-state index in [1.165, 1.54) is 5.56 Å². The maximum absolute atomic E-state index is 12.1. The molecule has 3 rings (SSSR count). The van der Waals surface area contributed by atoms with E-state index in [2.05, 4.69) is 11.4 Å². The van der Waals surface area contributed by atoms with E-state index >= 15 is 0 Å². The standard InChI is InChI=1S/C14H20N2O2S/c1-11-8-16(19(17,18)10-11)9-13-5-2-4-12-6-3-7-15-14(12)13/h2,4-5,11,15H,3,6-10H2,1H3. The molecule has 1 aromatic rings. The number of aryl methyl sites for hydroxylation is 1. The summed E-state index contributed by atoms with van der Waals surface area (Å²) >= 11 is 0. The van der Waals surface area contributed by atoms with Crippen LogP contribution < -0.4 is 5.32 Å². The van der Waals surface area contributed by atoms with Crippen LogP contribution in [0.3, 0.4) is 0 Å². The number of nitrogens with one attached hydrogen (secondary N) is 1. The number of fused-ring (bicyclic) bond motifs is 1. The molecule has 0 radical (unpaired) electrons. The van der Waals surface area contributed by atoms with Crippen LogP contribution >= 0.6 is 0 Å². The van der Waals surface area contributed by atoms with Crippen LogP contribution in [0.15, 0.2) is 18.2 Å². The van der Waals surface area contributed by atoms with Gasteiger partial charge in [-0.3, -0.25) is 0 Å². The predicted molar refractivity (Wildman–Crippen MR) is 76.6 cm³/mol. The molecule has 1 fully saturated rings. The van der Waals surface area contributed by atoms with Crippen molar-refractivity contribution in [2.75, 3.05) is 24.2 Å². The van der Waals surface area contributed by atoms with Gasteiger partial charge < -0.3 is 5.32 Å². The highest BCUT2D eigenvalue weighted by Gasteiger charge is 2.33. The van der Waals surface area contributed by atoms with Gasteiger partial charge >= 0.3 is 0 Å². The topological polar surface area (TPSA) is 49.4 Å². The number of hydrogen-bond donors (Lipinski definition) is 1. The molecule has 4 nitrogen and oxygen atoms in total. The summed E-state index contributed by atoms with van der Waals surface area (Å²) in [7, 11) is -3.06. The van der Waals surface area contributed by atoms with Gasteiger partial charge in [0.15, 0.2) is 0 Å². The van der Waals surface area contributed by atoms with Gasteiger partial charge in [0.05, 0.1) is 5.75 Å². The molecule has 0 saturated carbocycles. The van der Waals surface area contributed by atoms with Gasteiger partial charge in [-0.05, 0) is 29.9 Å². The molecule has 19 heavy (non-hydrogen) atoms. The maximum atomic E-state index is 12.1. The molecule has 0 amide bonds. The van der Waals surface area contributed by atoms with E-state index in [0.717, 1.165) is 30.6 Å². The summed E-state index contributed by atoms with van der Waals surface area (Å²) in [5, 5.41) is 3.42. The second-order valence-electron chi connectivity index (χ2n) is 5.66. The van der Waals surface area contributed by atoms with Crippen molar-refractivity contribution in [3.8, 4) is 0 Å². The van der Waals surface area contributed by atoms with Gasteiger partial charge in [0.1, 0.15) is 0 Å². The zero-order valence-electron chi connectivity index (χ0n) is 11.2. The Kier molecular flexibility index (Phi) is 3.27. The zero-order valence-corrected chi connectivity index (χ0v) is 12.0. The first-order valence-electron chi connectivity index (χ1n) is 6.89. The second kappa shape index (κ2) is 4.80. The number of anilines is 1. The molecule has 2 aliphatic heterocycles. The Bertz CT molecular complexity index is 583. The molecule has 0 spiro atoms. The predicted octanol–water partition coefficient (Wildman–Crippen LogP) is 1.83. The Morgan fingerprint density at radius 3 is 3.00 bits per heavy atom. The Balaban J connectivity index is 1.88. The van der Waals surface area contributed by atoms with Crippen molar-refractivity contribution in [1.29, 1.82) is 0 Å². The molecule has 2 heterocycles. The van der Waals surface area contributed by atoms with Gasteiger partial charge in [-0.15, -0.1) is 0 Å². The molecule has 0 aliphatic carbocycles. The Labute approximate surface area is 114 Å². The Morgan fingerprint density at radius 1 is 1.42 bits per heavy atom. The van der Waals surface area contributed by atoms with Crippen LogP contribution in [0.2, 0.25) is 0 Å². The lowest BCUT2D eigenvalue weighted by atomic mass is 9.99. The van der Waals surface area contributed by atoms with Crippen molar-refractivity contribution >= 4 is 15.7 Å². The number of benzene rings is 1. The molecular weight excluding hydrogens is 260 g/mol. The van der Waals surface area contributed by atoms with E-state index in [-0.39, 0.29) is 11.7 Å². The number of sulfonamides is 1. The molecule has 1 unspecified atom stereocenters. The third-order valence-electron chi connectivity index (χ3n) is 3.91. The van der Waals surface area contributed by atoms with Crippen LogP contribution in [0.5, 0.6) is 0 Å². The van der Waals surface area contributed by atoms with Crippen LogP contribution in [0.4, 0.5) is 5.69 Å². The minimum Gasteiger partial charge on any atom is -0.385 e. The van der Waals surface area contributed by atoms with Crippen molar-refractivity contribution in [2.24, 2.45) is 5.92 Å². The molecule has 0 bridgehead atoms. The van der Waals surface area contributed by atoms with Gasteiger partial charge in [-0.25, -0.2) is 8.42 Å². The van der Waals surface area contributed by atoms with Gasteiger partial charge in [-0.1, -0.05) is 25.1 Å². The van der Waals surface area contributed by atoms with E-state index < -0.39 is 10.0 Å². The lowest BCUT2D eigenvalue weighted by Gasteiger charge is -2.23. The highest BCUT2D eigenvalue weighted by Crippen LogP contribution is 2.29. The first-order valence-corrected chi connectivity index (χ1v) is 8.49. The highest BCUT2D eigenvalue weighted by molar-refractivity contribution is 7.89. The number of para-hydroxylation sites is 1. The van der Waals surface area contributed by atoms with Gasteiger partial charge in [0.2, 0.25) is 10.0 Å². The smallest absolute Gasteiger partial charge is 0.214 e. The van der Waals surface area contributed by atoms with E-state index in [9.17, 15) is 8.42 Å². The monoisotopic (exact) mass is 280 g/mol. The molecule has 1 saturated heterocycles. The molecule has 0 aromatic heterocycles. The van der Waals surface area contributed by atoms with E-state index in [0.29, 0.717) is 13.1 Å². The van der Waals surface area contributed by atoms with Crippen molar-refractivity contribution in [2.45, 2.75) is 26.3 Å². The minimum atomic E-state index is -3.06. The zero-order chi connectivity index (χ0) is 13.5. The Hall–Kier alpha value is -1.07. The summed E-state index contributed by atoms with van der Waals surface area (Å²) in [6.45, 7) is 4.12. The average Bonchev–Trinajstić information content (AvgIpc) is 2.62. The fraction of sp³-hybridized carbons (Fsp3) is 0.571. The summed E-state index contributed by atoms with van der Waals surface area (Å²) in [5.74, 6) is 0.521. The average molecular weight is 280 g/mol. The molecule has 1 atom stereocenters. The van der Waals surface area contributed by atoms with Crippen LogP contribution in [-0.2, 0) is 23.0 Å². The van der Waals surface area contributed by atoms with E-state index in [1.807, 2.05) is 19.1 Å². The quantitative estimate of drug-likeness (QED) is 0.899. The lowest BCUT2D eigenvalue weighted by Crippen LogP contribution is -2.26. The Morgan fingerprint density at radius 2 is 2.26 bits per heavy atom. The van der Waals surface area contributed by atoms with Gasteiger partial charge in [0, 0.05) is 25.3 Å². The molecule has 1 N–H and O–H groups in total. The van der Waals surface area contributed by atoms with Crippen LogP contribution in [0, 0.1) is 5.92 Å². The van der Waals surface area contributed by atoms with Crippen LogP contribution in [-0.4, -0.2) is 31.6 Å². The fourth-order valence-corrected chi connectivity index (χ4v) is 4.90. The minimum absolute atomic E-state index is 0.234. The summed E-state index contributed by atoms with van der Waals surface area (Å²) in [5.41, 5.74) is 3.58. The normalized spacial score (nSPS) is 25.8. The van der Waals surface area contributed by atoms with Crippen molar-refractivity contribution < 1.29 is 8.42 Å². The number of nitrogens with zero attached hydrogens (tertiary/aromatic N) is 1. The lowest BCUT2D eigenvalue weighted by molar-refractivity contribution is 0.409. The van der Waals surface area contributed by atoms with Crippen molar-refractivity contribution in [3.05, 3.63) is 29.3 Å².